The average molecular weight is 619 g/mol. The third-order valence-electron chi connectivity index (χ3n) is 9.87. The van der Waals surface area contributed by atoms with Gasteiger partial charge in [0, 0.05) is 38.9 Å². The summed E-state index contributed by atoms with van der Waals surface area (Å²) < 4.78 is 4.67. The van der Waals surface area contributed by atoms with E-state index in [1.165, 1.54) is 33.3 Å². The molecule has 4 aromatic carbocycles. The van der Waals surface area contributed by atoms with E-state index in [-0.39, 0.29) is 0 Å². The van der Waals surface area contributed by atoms with Crippen LogP contribution in [-0.4, -0.2) is 9.13 Å². The van der Waals surface area contributed by atoms with Crippen LogP contribution in [0.25, 0.3) is 56.5 Å². The zero-order chi connectivity index (χ0) is 32.8. The van der Waals surface area contributed by atoms with Gasteiger partial charge in [-0.1, -0.05) is 85.0 Å². The van der Waals surface area contributed by atoms with E-state index in [1.807, 2.05) is 18.2 Å². The van der Waals surface area contributed by atoms with Gasteiger partial charge in [0.15, 0.2) is 0 Å². The Balaban J connectivity index is 1.28. The molecule has 8 rings (SSSR count). The first-order valence-electron chi connectivity index (χ1n) is 16.6. The molecule has 2 aromatic heterocycles. The second-order valence-corrected chi connectivity index (χ2v) is 12.6. The molecule has 0 unspecified atom stereocenters. The van der Waals surface area contributed by atoms with Crippen LogP contribution in [0.4, 0.5) is 0 Å². The predicted molar refractivity (Wildman–Crippen MR) is 198 cm³/mol. The summed E-state index contributed by atoms with van der Waals surface area (Å²) >= 11 is 0. The van der Waals surface area contributed by atoms with E-state index < -0.39 is 0 Å². The van der Waals surface area contributed by atoms with Crippen molar-refractivity contribution >= 4 is 45.1 Å². The molecule has 0 atom stereocenters. The Labute approximate surface area is 281 Å². The highest BCUT2D eigenvalue weighted by molar-refractivity contribution is 6.09. The van der Waals surface area contributed by atoms with Crippen molar-refractivity contribution in [3.8, 4) is 23.5 Å². The molecule has 0 saturated carbocycles. The van der Waals surface area contributed by atoms with Gasteiger partial charge < -0.3 is 9.13 Å². The van der Waals surface area contributed by atoms with Crippen LogP contribution >= 0.6 is 0 Å². The standard InChI is InChI=1S/C44H34N4/c1-3-31(34-23-20-30(27-45)25-44(34)48-41-18-10-6-14-37(41)38-15-7-11-19-42(38)48)24-29(2)32-21-22-33(28-46)43(26-32)47-39-16-8-4-12-35(39)36-13-5-9-17-40(36)47/h3-7,10-15,18-26H,8-9,16-17H2,1-2H3/b29-24+,31-3+. The Morgan fingerprint density at radius 1 is 0.708 bits per heavy atom. The molecule has 0 radical (unpaired) electrons. The monoisotopic (exact) mass is 618 g/mol. The zero-order valence-electron chi connectivity index (χ0n) is 27.2. The van der Waals surface area contributed by atoms with Crippen molar-refractivity contribution in [2.45, 2.75) is 39.5 Å². The summed E-state index contributed by atoms with van der Waals surface area (Å²) in [5.41, 5.74) is 14.9. The lowest BCUT2D eigenvalue weighted by Crippen LogP contribution is -2.09. The van der Waals surface area contributed by atoms with Gasteiger partial charge in [-0.3, -0.25) is 0 Å². The summed E-state index contributed by atoms with van der Waals surface area (Å²) in [5, 5.41) is 22.6. The number of allylic oxidation sites excluding steroid dienone is 6. The lowest BCUT2D eigenvalue weighted by atomic mass is 9.96. The molecular weight excluding hydrogens is 585 g/mol. The molecular formula is C44H34N4. The summed E-state index contributed by atoms with van der Waals surface area (Å²) in [4.78, 5) is 0. The molecule has 2 aliphatic carbocycles. The zero-order valence-corrected chi connectivity index (χ0v) is 27.2. The minimum absolute atomic E-state index is 0.617. The highest BCUT2D eigenvalue weighted by atomic mass is 15.0. The summed E-state index contributed by atoms with van der Waals surface area (Å²) in [6, 6.07) is 34.0. The van der Waals surface area contributed by atoms with E-state index in [1.54, 1.807) is 0 Å². The number of fused-ring (bicyclic) bond motifs is 6. The maximum Gasteiger partial charge on any atom is 0.101 e. The molecule has 0 fully saturated rings. The molecule has 0 aliphatic heterocycles. The van der Waals surface area contributed by atoms with Crippen molar-refractivity contribution in [3.63, 3.8) is 0 Å². The average Bonchev–Trinajstić information content (AvgIpc) is 3.66. The van der Waals surface area contributed by atoms with Gasteiger partial charge in [-0.05, 0) is 92.6 Å². The van der Waals surface area contributed by atoms with Crippen molar-refractivity contribution in [1.82, 2.24) is 9.13 Å². The Morgan fingerprint density at radius 2 is 1.35 bits per heavy atom. The van der Waals surface area contributed by atoms with Crippen LogP contribution in [-0.2, 0) is 12.8 Å². The van der Waals surface area contributed by atoms with Crippen LogP contribution in [0.3, 0.4) is 0 Å². The molecule has 0 saturated heterocycles. The molecule has 4 heteroatoms. The highest BCUT2D eigenvalue weighted by Crippen LogP contribution is 2.39. The normalized spacial score (nSPS) is 14.2. The van der Waals surface area contributed by atoms with E-state index in [0.29, 0.717) is 11.1 Å². The van der Waals surface area contributed by atoms with E-state index in [2.05, 4.69) is 138 Å². The van der Waals surface area contributed by atoms with Crippen molar-refractivity contribution in [3.05, 3.63) is 154 Å². The second-order valence-electron chi connectivity index (χ2n) is 12.6. The molecule has 4 nitrogen and oxygen atoms in total. The third-order valence-corrected chi connectivity index (χ3v) is 9.87. The topological polar surface area (TPSA) is 57.4 Å². The molecule has 0 N–H and O–H groups in total. The molecule has 48 heavy (non-hydrogen) atoms. The summed E-state index contributed by atoms with van der Waals surface area (Å²) in [6.45, 7) is 4.21. The van der Waals surface area contributed by atoms with Gasteiger partial charge in [-0.25, -0.2) is 0 Å². The SMILES string of the molecule is C/C=C(\C=C(/C)c1ccc(C#N)c(-n2c3c(c4c2CCC=C4)C=CCC3)c1)c1ccc(C#N)cc1-n1c2ccccc2c2ccccc21. The van der Waals surface area contributed by atoms with Crippen LogP contribution < -0.4 is 0 Å². The minimum Gasteiger partial charge on any atom is -0.315 e. The number of benzene rings is 4. The largest absolute Gasteiger partial charge is 0.315 e. The van der Waals surface area contributed by atoms with Crippen molar-refractivity contribution < 1.29 is 0 Å². The van der Waals surface area contributed by atoms with Gasteiger partial charge >= 0.3 is 0 Å². The number of para-hydroxylation sites is 2. The second kappa shape index (κ2) is 11.9. The van der Waals surface area contributed by atoms with Crippen molar-refractivity contribution in [1.29, 1.82) is 10.5 Å². The molecule has 0 spiro atoms. The number of hydrogen-bond donors (Lipinski definition) is 0. The van der Waals surface area contributed by atoms with Gasteiger partial charge in [-0.2, -0.15) is 10.5 Å². The maximum absolute atomic E-state index is 10.3. The molecule has 6 aromatic rings. The highest BCUT2D eigenvalue weighted by Gasteiger charge is 2.25. The van der Waals surface area contributed by atoms with E-state index in [4.69, 9.17) is 0 Å². The minimum atomic E-state index is 0.617. The van der Waals surface area contributed by atoms with Crippen LogP contribution in [0.1, 0.15) is 71.5 Å². The molecule has 0 bridgehead atoms. The number of aromatic nitrogens is 2. The lowest BCUT2D eigenvalue weighted by molar-refractivity contribution is 0.812. The molecule has 230 valence electrons. The Morgan fingerprint density at radius 3 is 1.96 bits per heavy atom. The van der Waals surface area contributed by atoms with Crippen LogP contribution in [0.15, 0.2) is 109 Å². The first-order chi connectivity index (χ1) is 23.6. The van der Waals surface area contributed by atoms with Crippen molar-refractivity contribution in [2.75, 3.05) is 0 Å². The van der Waals surface area contributed by atoms with Gasteiger partial charge in [0.05, 0.1) is 39.6 Å². The first kappa shape index (κ1) is 29.3. The van der Waals surface area contributed by atoms with Crippen LogP contribution in [0.5, 0.6) is 0 Å². The van der Waals surface area contributed by atoms with E-state index in [0.717, 1.165) is 70.4 Å². The van der Waals surface area contributed by atoms with E-state index in [9.17, 15) is 10.5 Å². The number of rotatable bonds is 5. The molecule has 0 amide bonds. The first-order valence-corrected chi connectivity index (χ1v) is 16.6. The summed E-state index contributed by atoms with van der Waals surface area (Å²) in [6.07, 6.45) is 17.4. The van der Waals surface area contributed by atoms with Crippen LogP contribution in [0, 0.1) is 22.7 Å². The van der Waals surface area contributed by atoms with Gasteiger partial charge in [-0.15, -0.1) is 0 Å². The Kier molecular flexibility index (Phi) is 7.28. The quantitative estimate of drug-likeness (QED) is 0.181. The summed E-state index contributed by atoms with van der Waals surface area (Å²) in [5.74, 6) is 0. The van der Waals surface area contributed by atoms with Gasteiger partial charge in [0.25, 0.3) is 0 Å². The maximum atomic E-state index is 10.3. The van der Waals surface area contributed by atoms with E-state index >= 15 is 0 Å². The smallest absolute Gasteiger partial charge is 0.101 e. The number of nitriles is 2. The summed E-state index contributed by atoms with van der Waals surface area (Å²) in [7, 11) is 0. The Hall–Kier alpha value is -6.10. The van der Waals surface area contributed by atoms with Gasteiger partial charge in [0.2, 0.25) is 0 Å². The predicted octanol–water partition coefficient (Wildman–Crippen LogP) is 10.7. The lowest BCUT2D eigenvalue weighted by Gasteiger charge is -2.19. The fourth-order valence-corrected chi connectivity index (χ4v) is 7.61. The third kappa shape index (κ3) is 4.65. The number of hydrogen-bond acceptors (Lipinski definition) is 2. The molecule has 2 heterocycles. The number of nitrogens with zero attached hydrogens (tertiary/aromatic N) is 4. The fraction of sp³-hybridized carbons (Fsp3) is 0.136. The van der Waals surface area contributed by atoms with Crippen molar-refractivity contribution in [2.24, 2.45) is 0 Å². The fourth-order valence-electron chi connectivity index (χ4n) is 7.61. The Bertz CT molecular complexity index is 2400. The molecule has 2 aliphatic rings. The van der Waals surface area contributed by atoms with Gasteiger partial charge in [0.1, 0.15) is 6.07 Å². The van der Waals surface area contributed by atoms with Crippen LogP contribution in [0.2, 0.25) is 0 Å².